The fourth-order valence-corrected chi connectivity index (χ4v) is 3.10. The summed E-state index contributed by atoms with van der Waals surface area (Å²) in [5, 5.41) is 4.21. The minimum atomic E-state index is -0.293. The molecule has 126 valence electrons. The number of likely N-dealkylation sites (tertiary alicyclic amines) is 1. The van der Waals surface area contributed by atoms with Gasteiger partial charge in [0.2, 0.25) is 5.91 Å². The van der Waals surface area contributed by atoms with E-state index >= 15 is 0 Å². The average molecular weight is 340 g/mol. The number of carbonyl (C=O) groups excluding carboxylic acids is 1. The summed E-state index contributed by atoms with van der Waals surface area (Å²) in [4.78, 5) is 26.6. The molecule has 0 saturated carbocycles. The molecule has 1 amide bonds. The summed E-state index contributed by atoms with van der Waals surface area (Å²) in [6.45, 7) is 2.59. The smallest absolute Gasteiger partial charge is 0.337 e. The second-order valence-electron chi connectivity index (χ2n) is 5.88. The molecule has 0 aliphatic carbocycles. The van der Waals surface area contributed by atoms with E-state index in [9.17, 15) is 9.59 Å². The lowest BCUT2D eigenvalue weighted by Gasteiger charge is -2.38. The lowest BCUT2D eigenvalue weighted by Crippen LogP contribution is -2.53. The Balaban J connectivity index is 0.00000192. The SMILES string of the molecule is CC(N)C1CCCCN1C(=O)Cn1nc2ccccn2c1=O.Cl. The van der Waals surface area contributed by atoms with Crippen LogP contribution in [0.1, 0.15) is 26.2 Å². The van der Waals surface area contributed by atoms with Crippen molar-refractivity contribution < 1.29 is 4.79 Å². The van der Waals surface area contributed by atoms with Crippen molar-refractivity contribution in [3.63, 3.8) is 0 Å². The fourth-order valence-electron chi connectivity index (χ4n) is 3.10. The van der Waals surface area contributed by atoms with Gasteiger partial charge in [0.15, 0.2) is 5.65 Å². The van der Waals surface area contributed by atoms with E-state index in [0.29, 0.717) is 12.2 Å². The molecule has 3 heterocycles. The molecule has 0 bridgehead atoms. The van der Waals surface area contributed by atoms with E-state index < -0.39 is 0 Å². The maximum atomic E-state index is 12.6. The molecule has 1 aliphatic rings. The van der Waals surface area contributed by atoms with Gasteiger partial charge in [0.05, 0.1) is 0 Å². The van der Waals surface area contributed by atoms with Crippen LogP contribution >= 0.6 is 12.4 Å². The Kier molecular flexibility index (Phi) is 5.43. The van der Waals surface area contributed by atoms with Crippen LogP contribution in [0, 0.1) is 0 Å². The van der Waals surface area contributed by atoms with E-state index in [1.807, 2.05) is 17.9 Å². The van der Waals surface area contributed by atoms with Gasteiger partial charge in [0, 0.05) is 24.8 Å². The van der Waals surface area contributed by atoms with Crippen molar-refractivity contribution in [2.24, 2.45) is 5.73 Å². The molecule has 1 fully saturated rings. The first-order valence-corrected chi connectivity index (χ1v) is 7.67. The molecular weight excluding hydrogens is 318 g/mol. The largest absolute Gasteiger partial charge is 0.350 e. The van der Waals surface area contributed by atoms with E-state index in [0.717, 1.165) is 19.3 Å². The summed E-state index contributed by atoms with van der Waals surface area (Å²) in [5.41, 5.74) is 6.25. The zero-order valence-electron chi connectivity index (χ0n) is 13.1. The zero-order valence-corrected chi connectivity index (χ0v) is 13.9. The molecule has 0 spiro atoms. The Bertz CT molecular complexity index is 739. The molecule has 2 aromatic heterocycles. The summed E-state index contributed by atoms with van der Waals surface area (Å²) in [7, 11) is 0. The van der Waals surface area contributed by atoms with Crippen LogP contribution in [-0.4, -0.2) is 43.6 Å². The first-order chi connectivity index (χ1) is 10.6. The van der Waals surface area contributed by atoms with Gasteiger partial charge in [0.1, 0.15) is 6.54 Å². The summed E-state index contributed by atoms with van der Waals surface area (Å²) in [5.74, 6) is -0.0903. The quantitative estimate of drug-likeness (QED) is 0.889. The number of pyridine rings is 1. The van der Waals surface area contributed by atoms with Gasteiger partial charge >= 0.3 is 5.69 Å². The van der Waals surface area contributed by atoms with Gasteiger partial charge in [-0.2, -0.15) is 0 Å². The Morgan fingerprint density at radius 1 is 1.43 bits per heavy atom. The van der Waals surface area contributed by atoms with Gasteiger partial charge in [-0.25, -0.2) is 9.48 Å². The Morgan fingerprint density at radius 3 is 2.91 bits per heavy atom. The van der Waals surface area contributed by atoms with Gasteiger partial charge in [-0.15, -0.1) is 17.5 Å². The Hall–Kier alpha value is -1.86. The third-order valence-corrected chi connectivity index (χ3v) is 4.25. The number of halogens is 1. The molecule has 3 rings (SSSR count). The van der Waals surface area contributed by atoms with Crippen molar-refractivity contribution in [1.29, 1.82) is 0 Å². The normalized spacial score (nSPS) is 19.4. The highest BCUT2D eigenvalue weighted by molar-refractivity contribution is 5.85. The zero-order chi connectivity index (χ0) is 15.7. The predicted octanol–water partition coefficient (Wildman–Crippen LogP) is 0.646. The van der Waals surface area contributed by atoms with Crippen LogP contribution in [0.25, 0.3) is 5.65 Å². The van der Waals surface area contributed by atoms with Crippen LogP contribution in [0.5, 0.6) is 0 Å². The van der Waals surface area contributed by atoms with Crippen LogP contribution in [0.4, 0.5) is 0 Å². The number of rotatable bonds is 3. The molecule has 0 radical (unpaired) electrons. The first kappa shape index (κ1) is 17.5. The monoisotopic (exact) mass is 339 g/mol. The maximum Gasteiger partial charge on any atom is 0.350 e. The second-order valence-corrected chi connectivity index (χ2v) is 5.88. The molecule has 2 N–H and O–H groups in total. The van der Waals surface area contributed by atoms with Crippen molar-refractivity contribution in [3.8, 4) is 0 Å². The van der Waals surface area contributed by atoms with Crippen molar-refractivity contribution in [2.45, 2.75) is 44.8 Å². The summed E-state index contributed by atoms with van der Waals surface area (Å²) in [6.07, 6.45) is 4.64. The highest BCUT2D eigenvalue weighted by atomic mass is 35.5. The molecule has 2 aromatic rings. The second kappa shape index (κ2) is 7.14. The fraction of sp³-hybridized carbons (Fsp3) is 0.533. The van der Waals surface area contributed by atoms with Gasteiger partial charge in [-0.3, -0.25) is 9.20 Å². The van der Waals surface area contributed by atoms with Crippen molar-refractivity contribution >= 4 is 24.0 Å². The van der Waals surface area contributed by atoms with Crippen LogP contribution in [0.15, 0.2) is 29.2 Å². The summed E-state index contributed by atoms with van der Waals surface area (Å²) >= 11 is 0. The number of carbonyl (C=O) groups is 1. The average Bonchev–Trinajstić information content (AvgIpc) is 2.84. The number of nitrogens with two attached hydrogens (primary N) is 1. The lowest BCUT2D eigenvalue weighted by atomic mass is 9.97. The predicted molar refractivity (Wildman–Crippen MR) is 89.7 cm³/mol. The van der Waals surface area contributed by atoms with Crippen LogP contribution in [-0.2, 0) is 11.3 Å². The topological polar surface area (TPSA) is 85.6 Å². The molecule has 23 heavy (non-hydrogen) atoms. The molecule has 8 heteroatoms. The highest BCUT2D eigenvalue weighted by Crippen LogP contribution is 2.19. The number of aromatic nitrogens is 3. The number of hydrogen-bond acceptors (Lipinski definition) is 4. The number of piperidine rings is 1. The van der Waals surface area contributed by atoms with Crippen molar-refractivity contribution in [2.75, 3.05) is 6.54 Å². The number of hydrogen-bond donors (Lipinski definition) is 1. The van der Waals surface area contributed by atoms with Crippen molar-refractivity contribution in [3.05, 3.63) is 34.9 Å². The van der Waals surface area contributed by atoms with E-state index in [-0.39, 0.29) is 42.6 Å². The van der Waals surface area contributed by atoms with Gasteiger partial charge in [-0.1, -0.05) is 6.07 Å². The standard InChI is InChI=1S/C15H21N5O2.ClH/c1-11(16)12-6-2-4-8-18(12)14(21)10-20-15(22)19-9-5-3-7-13(19)17-20;/h3,5,7,9,11-12H,2,4,6,8,10,16H2,1H3;1H. The lowest BCUT2D eigenvalue weighted by molar-refractivity contribution is -0.136. The van der Waals surface area contributed by atoms with E-state index in [1.54, 1.807) is 18.3 Å². The Labute approximate surface area is 140 Å². The summed E-state index contributed by atoms with van der Waals surface area (Å²) in [6, 6.07) is 5.30. The molecular formula is C15H22ClN5O2. The van der Waals surface area contributed by atoms with Crippen molar-refractivity contribution in [1.82, 2.24) is 19.1 Å². The first-order valence-electron chi connectivity index (χ1n) is 7.67. The Morgan fingerprint density at radius 2 is 2.22 bits per heavy atom. The number of nitrogens with zero attached hydrogens (tertiary/aromatic N) is 4. The maximum absolute atomic E-state index is 12.6. The third-order valence-electron chi connectivity index (χ3n) is 4.25. The minimum Gasteiger partial charge on any atom is -0.337 e. The minimum absolute atomic E-state index is 0. The summed E-state index contributed by atoms with van der Waals surface area (Å²) < 4.78 is 2.66. The van der Waals surface area contributed by atoms with Crippen LogP contribution in [0.2, 0.25) is 0 Å². The third kappa shape index (κ3) is 3.40. The van der Waals surface area contributed by atoms with Crippen LogP contribution in [0.3, 0.4) is 0 Å². The number of fused-ring (bicyclic) bond motifs is 1. The van der Waals surface area contributed by atoms with E-state index in [2.05, 4.69) is 5.10 Å². The molecule has 2 atom stereocenters. The molecule has 2 unspecified atom stereocenters. The van der Waals surface area contributed by atoms with Crippen LogP contribution < -0.4 is 11.4 Å². The van der Waals surface area contributed by atoms with E-state index in [4.69, 9.17) is 5.73 Å². The van der Waals surface area contributed by atoms with Gasteiger partial charge in [0.25, 0.3) is 0 Å². The van der Waals surface area contributed by atoms with Gasteiger partial charge in [-0.05, 0) is 38.3 Å². The van der Waals surface area contributed by atoms with E-state index in [1.165, 1.54) is 9.08 Å². The molecule has 7 nitrogen and oxygen atoms in total. The highest BCUT2D eigenvalue weighted by Gasteiger charge is 2.29. The molecule has 1 aliphatic heterocycles. The number of amides is 1. The van der Waals surface area contributed by atoms with Gasteiger partial charge < -0.3 is 10.6 Å². The molecule has 1 saturated heterocycles. The molecule has 0 aromatic carbocycles.